The zero-order chi connectivity index (χ0) is 49.6. The lowest BCUT2D eigenvalue weighted by Crippen LogP contribution is -2.62. The minimum atomic E-state index is -1.21. The molecule has 5 aromatic carbocycles. The molecule has 0 radical (unpaired) electrons. The van der Waals surface area contributed by atoms with Crippen LogP contribution < -0.4 is 10.6 Å². The van der Waals surface area contributed by atoms with Crippen molar-refractivity contribution in [3.63, 3.8) is 0 Å². The van der Waals surface area contributed by atoms with Gasteiger partial charge in [-0.25, -0.2) is 14.4 Å². The smallest absolute Gasteiger partial charge is 0.410 e. The number of unbranched alkanes of at least 4 members (excludes halogenated alkanes) is 1. The van der Waals surface area contributed by atoms with Gasteiger partial charge in [0.15, 0.2) is 0 Å². The summed E-state index contributed by atoms with van der Waals surface area (Å²) in [5.41, 5.74) is 4.55. The minimum Gasteiger partial charge on any atom is -0.480 e. The molecule has 13 heteroatoms. The Labute approximate surface area is 411 Å². The second kappa shape index (κ2) is 24.1. The average molecular weight is 955 g/mol. The third-order valence-electron chi connectivity index (χ3n) is 12.1. The SMILES string of the molecule is CCCCC(NC(=O)C1Cc2ccccc2CN1C(=O)[C@H](C(C)C)N(CC(CSC(c1ccccc1)(c1ccccc1)c1ccccc1)NC(=O)OC(C)(C)C)C(=O)OCc1ccccc1)C(=O)O. The number of carboxylic acid groups (broad SMARTS) is 1. The molecule has 3 unspecified atom stereocenters. The van der Waals surface area contributed by atoms with E-state index in [2.05, 4.69) is 47.0 Å². The number of alkyl carbamates (subject to hydrolysis) is 1. The first kappa shape index (κ1) is 51.8. The zero-order valence-corrected chi connectivity index (χ0v) is 41.3. The number of carbonyl (C=O) groups is 5. The second-order valence-corrected chi connectivity index (χ2v) is 20.0. The lowest BCUT2D eigenvalue weighted by Gasteiger charge is -2.42. The molecular weight excluding hydrogens is 889 g/mol. The van der Waals surface area contributed by atoms with Crippen molar-refractivity contribution in [2.75, 3.05) is 12.3 Å². The Kier molecular flexibility index (Phi) is 18.1. The van der Waals surface area contributed by atoms with Crippen molar-refractivity contribution in [1.29, 1.82) is 0 Å². The lowest BCUT2D eigenvalue weighted by molar-refractivity contribution is -0.148. The summed E-state index contributed by atoms with van der Waals surface area (Å²) in [5.74, 6) is -2.59. The van der Waals surface area contributed by atoms with Gasteiger partial charge in [-0.2, -0.15) is 0 Å². The molecule has 0 bridgehead atoms. The highest BCUT2D eigenvalue weighted by molar-refractivity contribution is 8.00. The highest BCUT2D eigenvalue weighted by atomic mass is 32.2. The van der Waals surface area contributed by atoms with E-state index in [1.807, 2.05) is 130 Å². The molecule has 0 aliphatic carbocycles. The van der Waals surface area contributed by atoms with Gasteiger partial charge >= 0.3 is 18.2 Å². The molecule has 1 aliphatic rings. The molecule has 364 valence electrons. The summed E-state index contributed by atoms with van der Waals surface area (Å²) < 4.78 is 11.1. The molecule has 6 rings (SSSR count). The quantitative estimate of drug-likeness (QED) is 0.0647. The van der Waals surface area contributed by atoms with Gasteiger partial charge in [0.1, 0.15) is 30.3 Å². The van der Waals surface area contributed by atoms with Gasteiger partial charge in [-0.1, -0.05) is 179 Å². The Bertz CT molecular complexity index is 2370. The van der Waals surface area contributed by atoms with E-state index in [-0.39, 0.29) is 38.3 Å². The predicted octanol–water partition coefficient (Wildman–Crippen LogP) is 9.98. The van der Waals surface area contributed by atoms with Gasteiger partial charge in [-0.15, -0.1) is 11.8 Å². The summed E-state index contributed by atoms with van der Waals surface area (Å²) >= 11 is 1.58. The standard InChI is InChI=1S/C56H66N4O8S/c1-7-8-33-47(52(63)64)58-50(61)48-34-41-25-21-22-26-42(41)35-59(48)51(62)49(39(2)3)60(54(66)67-37-40-23-13-9-14-24-40)36-46(57-53(65)68-55(4,5)6)38-69-56(43-27-15-10-16-28-43,44-29-17-11-18-30-44)45-31-19-12-20-32-45/h9-32,39,46-49H,7-8,33-38H2,1-6H3,(H,57,65)(H,58,61)(H,63,64)/t46?,47?,48?,49-/m0/s1. The molecule has 5 aromatic rings. The Hall–Kier alpha value is -6.60. The number of nitrogens with zero attached hydrogens (tertiary/aromatic N) is 2. The van der Waals surface area contributed by atoms with Crippen LogP contribution in [0.4, 0.5) is 9.59 Å². The van der Waals surface area contributed by atoms with E-state index >= 15 is 4.79 Å². The minimum absolute atomic E-state index is 0.0408. The van der Waals surface area contributed by atoms with Crippen LogP contribution in [0.5, 0.6) is 0 Å². The van der Waals surface area contributed by atoms with Gasteiger partial charge in [0.2, 0.25) is 11.8 Å². The van der Waals surface area contributed by atoms with Crippen LogP contribution in [0.25, 0.3) is 0 Å². The van der Waals surface area contributed by atoms with Crippen LogP contribution in [0.15, 0.2) is 146 Å². The molecular formula is C56H66N4O8S. The van der Waals surface area contributed by atoms with Crippen molar-refractivity contribution in [2.24, 2.45) is 5.92 Å². The predicted molar refractivity (Wildman–Crippen MR) is 270 cm³/mol. The van der Waals surface area contributed by atoms with Crippen LogP contribution in [0.2, 0.25) is 0 Å². The molecule has 0 saturated carbocycles. The van der Waals surface area contributed by atoms with Crippen molar-refractivity contribution in [2.45, 2.75) is 115 Å². The van der Waals surface area contributed by atoms with E-state index in [1.54, 1.807) is 32.5 Å². The topological polar surface area (TPSA) is 155 Å². The van der Waals surface area contributed by atoms with Crippen LogP contribution in [0.1, 0.15) is 94.2 Å². The monoisotopic (exact) mass is 954 g/mol. The van der Waals surface area contributed by atoms with E-state index in [9.17, 15) is 24.3 Å². The van der Waals surface area contributed by atoms with E-state index in [4.69, 9.17) is 9.47 Å². The molecule has 3 N–H and O–H groups in total. The highest BCUT2D eigenvalue weighted by Crippen LogP contribution is 2.48. The van der Waals surface area contributed by atoms with Crippen molar-refractivity contribution in [3.05, 3.63) is 179 Å². The number of fused-ring (bicyclic) bond motifs is 1. The Morgan fingerprint density at radius 2 is 1.28 bits per heavy atom. The van der Waals surface area contributed by atoms with E-state index < -0.39 is 70.4 Å². The summed E-state index contributed by atoms with van der Waals surface area (Å²) in [7, 11) is 0. The fourth-order valence-corrected chi connectivity index (χ4v) is 10.4. The maximum atomic E-state index is 15.6. The first-order valence-electron chi connectivity index (χ1n) is 23.8. The van der Waals surface area contributed by atoms with Crippen LogP contribution in [-0.2, 0) is 48.2 Å². The molecule has 1 aliphatic heterocycles. The zero-order valence-electron chi connectivity index (χ0n) is 40.5. The van der Waals surface area contributed by atoms with Crippen molar-refractivity contribution in [1.82, 2.24) is 20.4 Å². The number of aliphatic carboxylic acids is 1. The number of carboxylic acids is 1. The number of hydrogen-bond acceptors (Lipinski definition) is 8. The number of hydrogen-bond donors (Lipinski definition) is 3. The maximum absolute atomic E-state index is 15.6. The van der Waals surface area contributed by atoms with Crippen LogP contribution in [0, 0.1) is 5.92 Å². The lowest BCUT2D eigenvalue weighted by atomic mass is 9.84. The number of nitrogens with one attached hydrogen (secondary N) is 2. The number of carbonyl (C=O) groups excluding carboxylic acids is 4. The maximum Gasteiger partial charge on any atom is 0.410 e. The van der Waals surface area contributed by atoms with E-state index in [1.165, 1.54) is 9.80 Å². The summed E-state index contributed by atoms with van der Waals surface area (Å²) in [6.07, 6.45) is 0.190. The highest BCUT2D eigenvalue weighted by Gasteiger charge is 2.45. The Morgan fingerprint density at radius 1 is 0.754 bits per heavy atom. The van der Waals surface area contributed by atoms with Crippen molar-refractivity contribution >= 4 is 41.7 Å². The molecule has 0 saturated heterocycles. The number of ether oxygens (including phenoxy) is 2. The molecule has 1 heterocycles. The molecule has 0 aromatic heterocycles. The van der Waals surface area contributed by atoms with Gasteiger partial charge in [-0.05, 0) is 66.5 Å². The summed E-state index contributed by atoms with van der Waals surface area (Å²) in [4.78, 5) is 74.1. The molecule has 69 heavy (non-hydrogen) atoms. The first-order valence-corrected chi connectivity index (χ1v) is 24.8. The molecule has 0 spiro atoms. The number of rotatable bonds is 20. The van der Waals surface area contributed by atoms with Crippen LogP contribution in [0.3, 0.4) is 0 Å². The molecule has 4 amide bonds. The van der Waals surface area contributed by atoms with Crippen LogP contribution >= 0.6 is 11.8 Å². The Balaban J connectivity index is 1.44. The fourth-order valence-electron chi connectivity index (χ4n) is 8.82. The van der Waals surface area contributed by atoms with E-state index in [0.717, 1.165) is 39.8 Å². The van der Waals surface area contributed by atoms with Crippen molar-refractivity contribution < 1.29 is 38.6 Å². The summed E-state index contributed by atoms with van der Waals surface area (Å²) in [6.45, 7) is 10.7. The van der Waals surface area contributed by atoms with Gasteiger partial charge in [-0.3, -0.25) is 14.5 Å². The summed E-state index contributed by atoms with van der Waals surface area (Å²) in [5, 5.41) is 15.9. The summed E-state index contributed by atoms with van der Waals surface area (Å²) in [6, 6.07) is 42.8. The van der Waals surface area contributed by atoms with E-state index in [0.29, 0.717) is 6.42 Å². The molecule has 0 fully saturated rings. The number of thioether (sulfide) groups is 1. The fraction of sp³-hybridized carbons (Fsp3) is 0.375. The van der Waals surface area contributed by atoms with Gasteiger partial charge in [0.25, 0.3) is 0 Å². The Morgan fingerprint density at radius 3 is 1.78 bits per heavy atom. The first-order chi connectivity index (χ1) is 33.1. The van der Waals surface area contributed by atoms with Gasteiger partial charge < -0.3 is 30.1 Å². The molecule has 12 nitrogen and oxygen atoms in total. The second-order valence-electron chi connectivity index (χ2n) is 18.8. The van der Waals surface area contributed by atoms with Crippen molar-refractivity contribution in [3.8, 4) is 0 Å². The number of amides is 4. The number of benzene rings is 5. The van der Waals surface area contributed by atoms with Crippen LogP contribution in [-0.4, -0.2) is 86.9 Å². The van der Waals surface area contributed by atoms with Gasteiger partial charge in [0, 0.05) is 25.3 Å². The third kappa shape index (κ3) is 13.6. The molecule has 4 atom stereocenters. The average Bonchev–Trinajstić information content (AvgIpc) is 3.34. The van der Waals surface area contributed by atoms with Gasteiger partial charge in [0.05, 0.1) is 10.8 Å². The third-order valence-corrected chi connectivity index (χ3v) is 13.8. The largest absolute Gasteiger partial charge is 0.480 e. The normalized spacial score (nSPS) is 14.9.